The molecule has 28 heteroatoms. The number of hydroxylamine groups is 2. The molecule has 3 aliphatic rings. The van der Waals surface area contributed by atoms with Gasteiger partial charge in [-0.3, -0.25) is 9.36 Å². The fourth-order valence-electron chi connectivity index (χ4n) is 7.35. The van der Waals surface area contributed by atoms with Gasteiger partial charge in [-0.2, -0.15) is 23.4 Å². The predicted molar refractivity (Wildman–Crippen MR) is 190 cm³/mol. The molecular formula is C30H43N11O15P2+. The van der Waals surface area contributed by atoms with E-state index in [4.69, 9.17) is 29.8 Å². The number of imidazole rings is 1. The van der Waals surface area contributed by atoms with Crippen molar-refractivity contribution in [2.75, 3.05) is 18.5 Å². The van der Waals surface area contributed by atoms with Crippen molar-refractivity contribution in [1.29, 1.82) is 0 Å². The number of carbonyl (C=O) groups excluding carboxylic acids is 1. The van der Waals surface area contributed by atoms with Crippen molar-refractivity contribution in [2.24, 2.45) is 10.8 Å². The van der Waals surface area contributed by atoms with E-state index in [1.54, 1.807) is 0 Å². The molecule has 0 saturated carbocycles. The zero-order valence-electron chi connectivity index (χ0n) is 31.3. The van der Waals surface area contributed by atoms with Crippen LogP contribution in [0.25, 0.3) is 21.6 Å². The minimum atomic E-state index is -5.49. The maximum absolute atomic E-state index is 12.9. The summed E-state index contributed by atoms with van der Waals surface area (Å²) in [5.41, 5.74) is 13.1. The molecule has 3 saturated heterocycles. The molecule has 0 bridgehead atoms. The monoisotopic (exact) mass is 859 g/mol. The van der Waals surface area contributed by atoms with Crippen LogP contribution in [0.5, 0.6) is 0 Å². The van der Waals surface area contributed by atoms with E-state index in [0.29, 0.717) is 12.8 Å². The van der Waals surface area contributed by atoms with Gasteiger partial charge in [-0.05, 0) is 57.2 Å². The Hall–Kier alpha value is -3.46. The van der Waals surface area contributed by atoms with E-state index in [9.17, 15) is 50.0 Å². The summed E-state index contributed by atoms with van der Waals surface area (Å²) in [4.78, 5) is 73.0. The summed E-state index contributed by atoms with van der Waals surface area (Å²) in [6, 6.07) is 2.53. The van der Waals surface area contributed by atoms with Gasteiger partial charge in [0.15, 0.2) is 41.7 Å². The quantitative estimate of drug-likeness (QED) is 0.0285. The maximum Gasteiger partial charge on any atom is 0.434 e. The molecule has 6 heterocycles. The number of carbonyl (C=O) groups is 1. The molecule has 0 aliphatic carbocycles. The highest BCUT2D eigenvalue weighted by Crippen LogP contribution is 2.65. The number of anilines is 1. The average molecular weight is 860 g/mol. The lowest BCUT2D eigenvalue weighted by atomic mass is 9.79. The summed E-state index contributed by atoms with van der Waals surface area (Å²) < 4.78 is 27.6. The first kappa shape index (κ1) is 44.1. The van der Waals surface area contributed by atoms with Gasteiger partial charge in [0, 0.05) is 32.4 Å². The summed E-state index contributed by atoms with van der Waals surface area (Å²) in [5, 5.41) is 63.4. The smallest absolute Gasteiger partial charge is 0.434 e. The molecule has 26 nitrogen and oxygen atoms in total. The fraction of sp³-hybridized carbons (Fsp3) is 0.633. The molecule has 0 aromatic carbocycles. The highest BCUT2D eigenvalue weighted by molar-refractivity contribution is 7.66. The maximum atomic E-state index is 12.9. The zero-order valence-corrected chi connectivity index (χ0v) is 33.1. The fourth-order valence-corrected chi connectivity index (χ4v) is 9.45. The van der Waals surface area contributed by atoms with Crippen LogP contribution in [0.1, 0.15) is 63.4 Å². The van der Waals surface area contributed by atoms with Gasteiger partial charge in [0.2, 0.25) is 5.95 Å². The SMILES string of the molecule is CC1(C)CC(Nc2nc(N=[N+]=[N-])nc3c2ncn3[C@@H]2O[C@H](CO[P+]([O-])(O)O[P+]([O-])(O)OC[C@H]3O[C@@H]([n+]4cccc(C(N)=O)c4)[C@H](O)[C@@H]3O)[C@@H](O)[C@H]2O)CC(C)(C)N1[O]. The normalized spacial score (nSPS) is 30.8. The first-order chi connectivity index (χ1) is 27.0. The number of hydrogen-bond acceptors (Lipinski definition) is 20. The summed E-state index contributed by atoms with van der Waals surface area (Å²) in [7, 11) is -10.9. The second-order valence-corrected chi connectivity index (χ2v) is 18.2. The number of piperidine rings is 1. The van der Waals surface area contributed by atoms with E-state index >= 15 is 0 Å². The molecule has 1 amide bonds. The number of nitrogens with one attached hydrogen (secondary N) is 1. The van der Waals surface area contributed by atoms with Crippen molar-refractivity contribution in [3.8, 4) is 0 Å². The molecule has 1 radical (unpaired) electrons. The van der Waals surface area contributed by atoms with Crippen LogP contribution in [0.15, 0.2) is 36.0 Å². The van der Waals surface area contributed by atoms with Crippen molar-refractivity contribution >= 4 is 45.2 Å². The summed E-state index contributed by atoms with van der Waals surface area (Å²) in [6.45, 7) is 5.32. The summed E-state index contributed by atoms with van der Waals surface area (Å²) in [6.07, 6.45) is -7.93. The minimum Gasteiger partial charge on any atom is -0.603 e. The number of primary amides is 1. The third-order valence-electron chi connectivity index (χ3n) is 9.84. The molecular weight excluding hydrogens is 816 g/mol. The lowest BCUT2D eigenvalue weighted by Gasteiger charge is -2.50. The van der Waals surface area contributed by atoms with Crippen LogP contribution in [0.3, 0.4) is 0 Å². The predicted octanol–water partition coefficient (Wildman–Crippen LogP) is -2.02. The number of rotatable bonds is 14. The average Bonchev–Trinajstić information content (AvgIpc) is 3.77. The van der Waals surface area contributed by atoms with Gasteiger partial charge in [0.1, 0.15) is 49.3 Å². The van der Waals surface area contributed by atoms with Crippen LogP contribution in [-0.4, -0.2) is 128 Å². The largest absolute Gasteiger partial charge is 0.603 e. The molecule has 9 N–H and O–H groups in total. The van der Waals surface area contributed by atoms with E-state index < -0.39 is 95.6 Å². The second-order valence-electron chi connectivity index (χ2n) is 15.2. The van der Waals surface area contributed by atoms with Gasteiger partial charge in [-0.15, -0.1) is 10.3 Å². The number of ether oxygens (including phenoxy) is 2. The number of nitrogens with two attached hydrogens (primary N) is 1. The number of aliphatic hydroxyl groups excluding tert-OH is 4. The Kier molecular flexibility index (Phi) is 12.6. The van der Waals surface area contributed by atoms with Crippen LogP contribution in [-0.2, 0) is 28.0 Å². The molecule has 6 rings (SSSR count). The Bertz CT molecular complexity index is 2020. The number of phosphoric acid groups is 2. The Morgan fingerprint density at radius 3 is 2.26 bits per heavy atom. The highest BCUT2D eigenvalue weighted by atomic mass is 31.3. The summed E-state index contributed by atoms with van der Waals surface area (Å²) in [5.74, 6) is -0.973. The molecule has 3 aliphatic heterocycles. The van der Waals surface area contributed by atoms with E-state index in [0.717, 1.165) is 5.06 Å². The van der Waals surface area contributed by atoms with Crippen LogP contribution >= 0.6 is 16.3 Å². The Balaban J connectivity index is 1.09. The van der Waals surface area contributed by atoms with Crippen LogP contribution < -0.4 is 25.4 Å². The number of pyridine rings is 1. The van der Waals surface area contributed by atoms with E-state index in [1.165, 1.54) is 40.0 Å². The number of amides is 1. The Morgan fingerprint density at radius 2 is 1.66 bits per heavy atom. The van der Waals surface area contributed by atoms with E-state index in [2.05, 4.69) is 34.6 Å². The third kappa shape index (κ3) is 9.29. The van der Waals surface area contributed by atoms with Crippen molar-refractivity contribution in [3.05, 3.63) is 46.9 Å². The van der Waals surface area contributed by atoms with E-state index in [1.807, 2.05) is 27.7 Å². The van der Waals surface area contributed by atoms with Crippen LogP contribution in [0, 0.1) is 0 Å². The molecule has 3 aromatic rings. The lowest BCUT2D eigenvalue weighted by molar-refractivity contribution is -0.765. The van der Waals surface area contributed by atoms with Gasteiger partial charge in [0.25, 0.3) is 12.1 Å². The number of hydrogen-bond donors (Lipinski definition) is 8. The van der Waals surface area contributed by atoms with Gasteiger partial charge in [0.05, 0.1) is 6.33 Å². The summed E-state index contributed by atoms with van der Waals surface area (Å²) >= 11 is 0. The molecule has 3 fully saturated rings. The second kappa shape index (κ2) is 16.5. The van der Waals surface area contributed by atoms with Gasteiger partial charge in [-0.25, -0.2) is 15.0 Å². The topological polar surface area (TPSA) is 388 Å². The molecule has 0 spiro atoms. The van der Waals surface area contributed by atoms with Gasteiger partial charge in [-0.1, -0.05) is 0 Å². The van der Waals surface area contributed by atoms with E-state index in [-0.39, 0.29) is 34.5 Å². The Morgan fingerprint density at radius 1 is 1.05 bits per heavy atom. The number of aromatic nitrogens is 5. The molecule has 58 heavy (non-hydrogen) atoms. The van der Waals surface area contributed by atoms with Crippen molar-refractivity contribution in [1.82, 2.24) is 24.6 Å². The third-order valence-corrected chi connectivity index (χ3v) is 12.4. The molecule has 10 atom stereocenters. The molecule has 2 unspecified atom stereocenters. The van der Waals surface area contributed by atoms with Crippen molar-refractivity contribution in [3.63, 3.8) is 0 Å². The van der Waals surface area contributed by atoms with Crippen molar-refractivity contribution < 1.29 is 77.4 Å². The minimum absolute atomic E-state index is 0.0139. The molecule has 317 valence electrons. The number of phosphoric ester groups is 2. The number of azide groups is 1. The number of fused-ring (bicyclic) bond motifs is 1. The molecule has 3 aromatic heterocycles. The van der Waals surface area contributed by atoms with Crippen LogP contribution in [0.2, 0.25) is 0 Å². The Labute approximate surface area is 329 Å². The standard InChI is InChI=1S/C30H42N11O15P2/c1-29(2)8-15(9-30(3,4)41(29)47)34-24-18-25(36-28(35-24)37-38-32)40(13-33-18)27-22(45)20(43)17(55-27)12-53-58(50,51)56-57(48,49)52-11-16-19(42)21(44)26(54-16)39-7-5-6-14(10-39)23(31)46/h5-7,10,13,15-17,19-22,26-27,42-45H,8-9,11-12H2,1-4H3,(H4-,31,34,35,36,46,48,49,50,51)/p+1/t16-,17-,19-,20-,21-,22-,26-,27-/m1/s1. The number of nitrogens with zero attached hydrogens (tertiary/aromatic N) is 9. The van der Waals surface area contributed by atoms with Crippen LogP contribution in [0.4, 0.5) is 11.8 Å². The first-order valence-corrected chi connectivity index (χ1v) is 20.5. The van der Waals surface area contributed by atoms with Gasteiger partial charge >= 0.3 is 16.3 Å². The first-order valence-electron chi connectivity index (χ1n) is 17.6. The van der Waals surface area contributed by atoms with Gasteiger partial charge < -0.3 is 50.7 Å². The zero-order chi connectivity index (χ0) is 42.5. The van der Waals surface area contributed by atoms with Crippen molar-refractivity contribution in [2.45, 2.75) is 107 Å². The number of aliphatic hydroxyl groups is 4. The lowest BCUT2D eigenvalue weighted by Crippen LogP contribution is -2.60. The highest BCUT2D eigenvalue weighted by Gasteiger charge is 2.53.